The van der Waals surface area contributed by atoms with Crippen molar-refractivity contribution in [3.05, 3.63) is 62.3 Å². The number of alkyl halides is 6. The summed E-state index contributed by atoms with van der Waals surface area (Å²) in [6.45, 7) is -2.27. The second-order valence-electron chi connectivity index (χ2n) is 7.76. The predicted octanol–water partition coefficient (Wildman–Crippen LogP) is 4.13. The van der Waals surface area contributed by atoms with Gasteiger partial charge in [0.25, 0.3) is 5.56 Å². The Morgan fingerprint density at radius 3 is 2.28 bits per heavy atom. The van der Waals surface area contributed by atoms with Crippen molar-refractivity contribution in [2.45, 2.75) is 23.3 Å². The van der Waals surface area contributed by atoms with E-state index in [1.807, 2.05) is 0 Å². The Labute approximate surface area is 200 Å². The normalized spacial score (nSPS) is 13.5. The van der Waals surface area contributed by atoms with Crippen LogP contribution in [0.5, 0.6) is 0 Å². The van der Waals surface area contributed by atoms with Crippen LogP contribution in [0.1, 0.15) is 5.56 Å². The molecule has 3 N–H and O–H groups in total. The Balaban J connectivity index is 2.30. The number of nitrogens with one attached hydrogen (secondary N) is 2. The molecule has 6 nitrogen and oxygen atoms in total. The van der Waals surface area contributed by atoms with E-state index in [9.17, 15) is 49.8 Å². The molecule has 0 aliphatic carbocycles. The molecule has 0 saturated heterocycles. The van der Waals surface area contributed by atoms with Crippen LogP contribution in [-0.4, -0.2) is 58.1 Å². The summed E-state index contributed by atoms with van der Waals surface area (Å²) in [5.74, 6) is -2.93. The molecule has 0 aliphatic rings. The first-order valence-electron chi connectivity index (χ1n) is 9.99. The van der Waals surface area contributed by atoms with E-state index in [0.29, 0.717) is 30.0 Å². The summed E-state index contributed by atoms with van der Waals surface area (Å²) in [6, 6.07) is 0.926. The van der Waals surface area contributed by atoms with Gasteiger partial charge in [0.15, 0.2) is 0 Å². The smallest absolute Gasteiger partial charge is 0.395 e. The van der Waals surface area contributed by atoms with Gasteiger partial charge in [0, 0.05) is 33.9 Å². The van der Waals surface area contributed by atoms with Crippen LogP contribution in [0, 0.1) is 11.6 Å². The van der Waals surface area contributed by atoms with Gasteiger partial charge in [-0.25, -0.2) is 13.6 Å². The number of rotatable bonds is 7. The minimum atomic E-state index is -5.16. The van der Waals surface area contributed by atoms with E-state index in [2.05, 4.69) is 4.98 Å². The molecule has 0 bridgehead atoms. The average Bonchev–Trinajstić information content (AvgIpc) is 2.72. The molecule has 0 amide bonds. The SMILES string of the molecule is CN(CC(F)(F)F)C(CO)CSc1c(-c2ccc(F)cc2F)c(C(F)(F)F)cc2c(=O)[nH]c(=O)[nH]c12. The number of aliphatic hydroxyl groups excluding tert-OH is 1. The first-order chi connectivity index (χ1) is 16.6. The molecule has 0 spiro atoms. The molecule has 2 aromatic carbocycles. The number of benzene rings is 2. The van der Waals surface area contributed by atoms with Gasteiger partial charge in [-0.15, -0.1) is 11.8 Å². The quantitative estimate of drug-likeness (QED) is 0.308. The number of aromatic nitrogens is 2. The lowest BCUT2D eigenvalue weighted by Crippen LogP contribution is -2.42. The summed E-state index contributed by atoms with van der Waals surface area (Å²) in [5, 5.41) is 8.98. The van der Waals surface area contributed by atoms with E-state index in [-0.39, 0.29) is 0 Å². The first kappa shape index (κ1) is 27.7. The number of fused-ring (bicyclic) bond motifs is 1. The highest BCUT2D eigenvalue weighted by Crippen LogP contribution is 2.46. The summed E-state index contributed by atoms with van der Waals surface area (Å²) in [4.78, 5) is 28.4. The van der Waals surface area contributed by atoms with E-state index in [1.165, 1.54) is 0 Å². The molecule has 196 valence electrons. The number of aromatic amines is 2. The molecule has 1 unspecified atom stereocenters. The zero-order valence-electron chi connectivity index (χ0n) is 18.2. The molecule has 3 rings (SSSR count). The van der Waals surface area contributed by atoms with Crippen LogP contribution in [0.25, 0.3) is 22.0 Å². The molecule has 0 fully saturated rings. The molecule has 1 aromatic heterocycles. The van der Waals surface area contributed by atoms with Crippen LogP contribution in [0.4, 0.5) is 35.1 Å². The van der Waals surface area contributed by atoms with E-state index < -0.39 is 92.7 Å². The molecular formula is C21H17F8N3O3S. The van der Waals surface area contributed by atoms with Crippen molar-refractivity contribution >= 4 is 22.7 Å². The first-order valence-corrected chi connectivity index (χ1v) is 11.0. The lowest BCUT2D eigenvalue weighted by Gasteiger charge is -2.27. The topological polar surface area (TPSA) is 89.2 Å². The number of thioether (sulfide) groups is 1. The Bertz CT molecular complexity index is 1380. The summed E-state index contributed by atoms with van der Waals surface area (Å²) in [7, 11) is 1.03. The van der Waals surface area contributed by atoms with Crippen molar-refractivity contribution in [1.29, 1.82) is 0 Å². The van der Waals surface area contributed by atoms with Gasteiger partial charge in [-0.2, -0.15) is 26.3 Å². The molecule has 0 aliphatic heterocycles. The molecule has 0 radical (unpaired) electrons. The third-order valence-corrected chi connectivity index (χ3v) is 6.43. The fraction of sp³-hybridized carbons (Fsp3) is 0.333. The molecule has 1 heterocycles. The van der Waals surface area contributed by atoms with Crippen LogP contribution in [0.15, 0.2) is 38.8 Å². The lowest BCUT2D eigenvalue weighted by atomic mass is 9.96. The van der Waals surface area contributed by atoms with E-state index >= 15 is 0 Å². The molecule has 15 heteroatoms. The highest BCUT2D eigenvalue weighted by molar-refractivity contribution is 7.99. The van der Waals surface area contributed by atoms with Crippen LogP contribution >= 0.6 is 11.8 Å². The predicted molar refractivity (Wildman–Crippen MR) is 116 cm³/mol. The van der Waals surface area contributed by atoms with Gasteiger partial charge in [-0.1, -0.05) is 0 Å². The Hall–Kier alpha value is -2.91. The summed E-state index contributed by atoms with van der Waals surface area (Å²) < 4.78 is 109. The number of aliphatic hydroxyl groups is 1. The zero-order chi connectivity index (χ0) is 27.0. The van der Waals surface area contributed by atoms with E-state index in [0.717, 1.165) is 18.0 Å². The summed E-state index contributed by atoms with van der Waals surface area (Å²) >= 11 is 0.467. The second-order valence-corrected chi connectivity index (χ2v) is 8.79. The monoisotopic (exact) mass is 543 g/mol. The number of H-pyrrole nitrogens is 2. The largest absolute Gasteiger partial charge is 0.417 e. The van der Waals surface area contributed by atoms with Gasteiger partial charge in [-0.05, 0) is 25.2 Å². The average molecular weight is 543 g/mol. The Kier molecular flexibility index (Phi) is 7.86. The van der Waals surface area contributed by atoms with Gasteiger partial charge in [-0.3, -0.25) is 14.7 Å². The third-order valence-electron chi connectivity index (χ3n) is 5.18. The van der Waals surface area contributed by atoms with Crippen molar-refractivity contribution in [3.63, 3.8) is 0 Å². The van der Waals surface area contributed by atoms with Gasteiger partial charge in [0.2, 0.25) is 0 Å². The highest BCUT2D eigenvalue weighted by atomic mass is 32.2. The maximum Gasteiger partial charge on any atom is 0.417 e. The Morgan fingerprint density at radius 2 is 1.72 bits per heavy atom. The standard InChI is InChI=1S/C21H17F8N3O3S/c1-32(8-20(24,25)26)10(6-33)7-36-17-15(11-3-2-9(22)4-14(11)23)13(21(27,28)29)5-12-16(17)30-19(35)31-18(12)34/h2-5,10,33H,6-8H2,1H3,(H2,30,31,34,35). The second kappa shape index (κ2) is 10.2. The van der Waals surface area contributed by atoms with Crippen molar-refractivity contribution < 1.29 is 40.2 Å². The number of likely N-dealkylation sites (N-methyl/N-ethyl adjacent to an activating group) is 1. The van der Waals surface area contributed by atoms with Gasteiger partial charge in [0.05, 0.1) is 29.6 Å². The number of halogens is 8. The summed E-state index contributed by atoms with van der Waals surface area (Å²) in [5.41, 5.74) is -5.81. The number of hydrogen-bond donors (Lipinski definition) is 3. The van der Waals surface area contributed by atoms with Gasteiger partial charge >= 0.3 is 18.0 Å². The van der Waals surface area contributed by atoms with Crippen molar-refractivity contribution in [1.82, 2.24) is 14.9 Å². The van der Waals surface area contributed by atoms with Gasteiger partial charge in [0.1, 0.15) is 11.6 Å². The third kappa shape index (κ3) is 6.07. The fourth-order valence-corrected chi connectivity index (χ4v) is 4.90. The molecule has 3 aromatic rings. The summed E-state index contributed by atoms with van der Waals surface area (Å²) in [6.07, 6.45) is -9.80. The molecule has 36 heavy (non-hydrogen) atoms. The van der Waals surface area contributed by atoms with Crippen LogP contribution in [0.3, 0.4) is 0 Å². The zero-order valence-corrected chi connectivity index (χ0v) is 19.0. The molecule has 0 saturated carbocycles. The minimum absolute atomic E-state index is 0.336. The maximum absolute atomic E-state index is 14.7. The maximum atomic E-state index is 14.7. The number of hydrogen-bond acceptors (Lipinski definition) is 5. The van der Waals surface area contributed by atoms with Crippen molar-refractivity contribution in [2.75, 3.05) is 26.0 Å². The Morgan fingerprint density at radius 1 is 1.06 bits per heavy atom. The fourth-order valence-electron chi connectivity index (χ4n) is 3.51. The van der Waals surface area contributed by atoms with E-state index in [4.69, 9.17) is 0 Å². The van der Waals surface area contributed by atoms with Gasteiger partial charge < -0.3 is 10.1 Å². The highest BCUT2D eigenvalue weighted by Gasteiger charge is 2.38. The lowest BCUT2D eigenvalue weighted by molar-refractivity contribution is -0.147. The van der Waals surface area contributed by atoms with Crippen molar-refractivity contribution in [3.8, 4) is 11.1 Å². The molecular weight excluding hydrogens is 526 g/mol. The minimum Gasteiger partial charge on any atom is -0.395 e. The van der Waals surface area contributed by atoms with Crippen LogP contribution in [0.2, 0.25) is 0 Å². The number of nitrogens with zero attached hydrogens (tertiary/aromatic N) is 1. The van der Waals surface area contributed by atoms with Crippen LogP contribution in [-0.2, 0) is 6.18 Å². The van der Waals surface area contributed by atoms with Crippen molar-refractivity contribution in [2.24, 2.45) is 0 Å². The molecule has 1 atom stereocenters. The van der Waals surface area contributed by atoms with Crippen LogP contribution < -0.4 is 11.2 Å². The van der Waals surface area contributed by atoms with E-state index in [1.54, 1.807) is 4.98 Å².